The van der Waals surface area contributed by atoms with Gasteiger partial charge in [-0.15, -0.1) is 21.9 Å². The molecule has 0 saturated heterocycles. The Hall–Kier alpha value is -6.29. The van der Waals surface area contributed by atoms with Crippen LogP contribution in [0.1, 0.15) is 5.56 Å². The van der Waals surface area contributed by atoms with Gasteiger partial charge in [0.2, 0.25) is 18.1 Å². The lowest BCUT2D eigenvalue weighted by atomic mass is 9.12. The van der Waals surface area contributed by atoms with Crippen LogP contribution >= 0.6 is 0 Å². The molecule has 0 N–H and O–H groups in total. The van der Waals surface area contributed by atoms with Crippen LogP contribution < -0.4 is 31.4 Å². The van der Waals surface area contributed by atoms with Crippen LogP contribution in [-0.4, -0.2) is 6.15 Å². The summed E-state index contributed by atoms with van der Waals surface area (Å²) < 4.78 is 296. The van der Waals surface area contributed by atoms with Crippen LogP contribution in [-0.2, 0) is 0 Å². The molecule has 0 fully saturated rings. The normalized spacial score (nSPS) is 11.5. The molecule has 0 radical (unpaired) electrons. The topological polar surface area (TPSA) is 13.1 Å². The van der Waals surface area contributed by atoms with Gasteiger partial charge in [0.05, 0.1) is 0 Å². The molecule has 5 aromatic carbocycles. The first-order valence-electron chi connectivity index (χ1n) is 15.5. The van der Waals surface area contributed by atoms with Crippen molar-refractivity contribution in [1.29, 1.82) is 0 Å². The van der Waals surface area contributed by atoms with E-state index in [1.165, 1.54) is 5.56 Å². The highest BCUT2D eigenvalue weighted by molar-refractivity contribution is 7.20. The van der Waals surface area contributed by atoms with E-state index in [2.05, 4.69) is 0 Å². The second-order valence-electron chi connectivity index (χ2n) is 11.9. The maximum absolute atomic E-state index is 15.4. The molecule has 6 rings (SSSR count). The van der Waals surface area contributed by atoms with Crippen LogP contribution in [0.4, 0.5) is 87.8 Å². The zero-order valence-corrected chi connectivity index (χ0v) is 28.2. The summed E-state index contributed by atoms with van der Waals surface area (Å²) in [5.74, 6) is -70.6. The smallest absolute Gasteiger partial charge is 0.223 e. The average molecular weight is 865 g/mol. The molecule has 0 saturated carbocycles. The summed E-state index contributed by atoms with van der Waals surface area (Å²) >= 11 is 0. The molecule has 0 aliphatic carbocycles. The van der Waals surface area contributed by atoms with Gasteiger partial charge in [0.25, 0.3) is 0 Å². The van der Waals surface area contributed by atoms with Crippen molar-refractivity contribution in [3.05, 3.63) is 177 Å². The largest absolute Gasteiger partial charge is 0.232 e. The third-order valence-corrected chi connectivity index (χ3v) is 8.60. The predicted molar refractivity (Wildman–Crippen MR) is 163 cm³/mol. The molecule has 0 amide bonds. The Bertz CT molecular complexity index is 2280. The molecule has 23 heteroatoms. The van der Waals surface area contributed by atoms with Gasteiger partial charge in [0.1, 0.15) is 52.7 Å². The first-order chi connectivity index (χ1) is 27.5. The lowest BCUT2D eigenvalue weighted by Crippen LogP contribution is -2.81. The number of pyridine rings is 1. The Morgan fingerprint density at radius 1 is 0.339 bits per heavy atom. The predicted octanol–water partition coefficient (Wildman–Crippen LogP) is 7.97. The zero-order chi connectivity index (χ0) is 44.2. The van der Waals surface area contributed by atoms with Gasteiger partial charge in [-0.2, -0.15) is 0 Å². The fourth-order valence-corrected chi connectivity index (χ4v) is 6.11. The minimum absolute atomic E-state index is 0.848. The Kier molecular flexibility index (Phi) is 12.0. The van der Waals surface area contributed by atoms with E-state index >= 15 is 35.1 Å². The summed E-state index contributed by atoms with van der Waals surface area (Å²) in [5.41, 5.74) is -13.1. The third kappa shape index (κ3) is 6.94. The molecule has 0 aliphatic heterocycles. The molecule has 0 atom stereocenters. The van der Waals surface area contributed by atoms with Crippen molar-refractivity contribution in [1.82, 2.24) is 0 Å². The van der Waals surface area contributed by atoms with E-state index in [-0.39, 0.29) is 0 Å². The number of benzene rings is 5. The summed E-state index contributed by atoms with van der Waals surface area (Å²) in [6, 6.07) is 13.8. The van der Waals surface area contributed by atoms with Crippen LogP contribution in [0.3, 0.4) is 0 Å². The zero-order valence-electron chi connectivity index (χ0n) is 28.2. The molecular weight excluding hydrogens is 853 g/mol. The second kappa shape index (κ2) is 16.2. The number of hydrogen-bond donors (Lipinski definition) is 0. The maximum Gasteiger partial charge on any atom is 0.223 e. The average Bonchev–Trinajstić information content (AvgIpc) is 3.21. The molecule has 1 heterocycles. The molecule has 310 valence electrons. The molecule has 0 aliphatic rings. The Morgan fingerprint density at radius 3 is 0.847 bits per heavy atom. The molecule has 0 spiro atoms. The minimum Gasteiger partial charge on any atom is -0.232 e. The highest BCUT2D eigenvalue weighted by Gasteiger charge is 2.52. The van der Waals surface area contributed by atoms with E-state index in [0.29, 0.717) is 0 Å². The van der Waals surface area contributed by atoms with Gasteiger partial charge in [0.15, 0.2) is 69.8 Å². The molecule has 1 aromatic heterocycles. The van der Waals surface area contributed by atoms with Crippen LogP contribution in [0.25, 0.3) is 0 Å². The maximum atomic E-state index is 15.4. The number of rotatable bonds is 6. The first kappa shape index (κ1) is 43.8. The van der Waals surface area contributed by atoms with Crippen molar-refractivity contribution < 1.29 is 97.4 Å². The SMILES string of the molecule is Cc1cccc(O[n+]2ccccc2)c1.Fc1c(F)c(F)c([B-](c2c(F)c(F)c(F)c(F)c2F)(c2c(F)c(F)c(F)c(F)c2F)c2c(F)c(F)c(F)c(F)c2F)c(F)c1F. The Balaban J connectivity index is 0.000000395. The first-order valence-corrected chi connectivity index (χ1v) is 15.5. The molecule has 0 bridgehead atoms. The third-order valence-electron chi connectivity index (χ3n) is 8.60. The summed E-state index contributed by atoms with van der Waals surface area (Å²) in [4.78, 5) is 5.58. The van der Waals surface area contributed by atoms with Crippen LogP contribution in [0.2, 0.25) is 0 Å². The fourth-order valence-electron chi connectivity index (χ4n) is 6.11. The fraction of sp³-hybridized carbons (Fsp3) is 0.0278. The van der Waals surface area contributed by atoms with Gasteiger partial charge >= 0.3 is 0 Å². The standard InChI is InChI=1S/C24BF20.C12H12NO/c26-5-1(6(27)14(35)21(42)13(5)34)25(2-7(28)15(36)22(43)16(37)8(2)29,3-9(30)17(38)23(44)18(39)10(3)31)4-11(32)19(40)24(45)20(41)12(4)33;1-11-6-5-7-12(10-11)14-13-8-3-2-4-9-13/h;2-10H,1H3/q-1;+1. The molecular formula is C36H12BF20NO. The van der Waals surface area contributed by atoms with Gasteiger partial charge in [-0.05, 0) is 24.6 Å². The monoisotopic (exact) mass is 865 g/mol. The van der Waals surface area contributed by atoms with E-state index in [0.717, 1.165) is 5.75 Å². The minimum atomic E-state index is -7.22. The van der Waals surface area contributed by atoms with Crippen molar-refractivity contribution in [2.75, 3.05) is 0 Å². The van der Waals surface area contributed by atoms with Crippen molar-refractivity contribution in [2.45, 2.75) is 6.92 Å². The summed E-state index contributed by atoms with van der Waals surface area (Å²) in [7, 11) is 0. The van der Waals surface area contributed by atoms with Gasteiger partial charge in [-0.25, -0.2) is 92.6 Å². The van der Waals surface area contributed by atoms with Crippen LogP contribution in [0.15, 0.2) is 54.9 Å². The van der Waals surface area contributed by atoms with Gasteiger partial charge in [-0.1, -0.05) is 18.2 Å². The summed E-state index contributed by atoms with van der Waals surface area (Å²) in [6.07, 6.45) is -3.49. The molecule has 2 nitrogen and oxygen atoms in total. The van der Waals surface area contributed by atoms with Gasteiger partial charge in [-0.3, -0.25) is 0 Å². The van der Waals surface area contributed by atoms with E-state index < -0.39 is 144 Å². The van der Waals surface area contributed by atoms with Gasteiger partial charge < -0.3 is 0 Å². The van der Waals surface area contributed by atoms with Crippen LogP contribution in [0.5, 0.6) is 5.75 Å². The number of aromatic nitrogens is 1. The van der Waals surface area contributed by atoms with E-state index in [4.69, 9.17) is 4.84 Å². The van der Waals surface area contributed by atoms with Gasteiger partial charge in [0, 0.05) is 16.9 Å². The van der Waals surface area contributed by atoms with Crippen molar-refractivity contribution in [2.24, 2.45) is 0 Å². The summed E-state index contributed by atoms with van der Waals surface area (Å²) in [5, 5.41) is 0. The second-order valence-corrected chi connectivity index (χ2v) is 11.9. The Morgan fingerprint density at radius 2 is 0.593 bits per heavy atom. The highest BCUT2D eigenvalue weighted by Crippen LogP contribution is 2.30. The molecule has 6 aromatic rings. The number of aryl methyl sites for hydroxylation is 1. The van der Waals surface area contributed by atoms with Crippen molar-refractivity contribution >= 4 is 28.0 Å². The summed E-state index contributed by atoms with van der Waals surface area (Å²) in [6.45, 7) is 2.04. The number of hydrogen-bond acceptors (Lipinski definition) is 1. The van der Waals surface area contributed by atoms with E-state index in [1.807, 2.05) is 61.8 Å². The quantitative estimate of drug-likeness (QED) is 0.0545. The molecule has 0 unspecified atom stereocenters. The Labute approximate surface area is 315 Å². The molecule has 59 heavy (non-hydrogen) atoms. The lowest BCUT2D eigenvalue weighted by molar-refractivity contribution is -0.875. The lowest BCUT2D eigenvalue weighted by Gasteiger charge is -2.44. The highest BCUT2D eigenvalue weighted by atomic mass is 19.2. The van der Waals surface area contributed by atoms with E-state index in [1.54, 1.807) is 4.73 Å². The van der Waals surface area contributed by atoms with Crippen molar-refractivity contribution in [3.8, 4) is 5.75 Å². The van der Waals surface area contributed by atoms with E-state index in [9.17, 15) is 52.7 Å². The van der Waals surface area contributed by atoms with Crippen LogP contribution in [0, 0.1) is 123 Å². The number of halogens is 20. The van der Waals surface area contributed by atoms with Crippen molar-refractivity contribution in [3.63, 3.8) is 0 Å². The number of nitrogens with zero attached hydrogens (tertiary/aromatic N) is 1.